The van der Waals surface area contributed by atoms with Gasteiger partial charge < -0.3 is 10.1 Å². The number of aryl methyl sites for hydroxylation is 1. The fourth-order valence-corrected chi connectivity index (χ4v) is 5.34. The van der Waals surface area contributed by atoms with E-state index in [4.69, 9.17) is 16.3 Å². The van der Waals surface area contributed by atoms with E-state index in [-0.39, 0.29) is 30.0 Å². The zero-order valence-electron chi connectivity index (χ0n) is 16.5. The number of carbonyl (C=O) groups is 1. The molecule has 8 heteroatoms. The Labute approximate surface area is 176 Å². The molecule has 1 aliphatic heterocycles. The molecule has 0 radical (unpaired) electrons. The summed E-state index contributed by atoms with van der Waals surface area (Å²) in [5, 5.41) is 3.44. The topological polar surface area (TPSA) is 75.7 Å². The number of rotatable bonds is 7. The minimum absolute atomic E-state index is 0.0762. The fourth-order valence-electron chi connectivity index (χ4n) is 3.40. The summed E-state index contributed by atoms with van der Waals surface area (Å²) in [4.78, 5) is 14.6. The monoisotopic (exact) mass is 436 g/mol. The molecule has 0 bridgehead atoms. The molecule has 1 N–H and O–H groups in total. The first-order valence-electron chi connectivity index (χ1n) is 9.39. The molecule has 29 heavy (non-hydrogen) atoms. The summed E-state index contributed by atoms with van der Waals surface area (Å²) in [5.74, 6) is 0.777. The number of nitrogens with zero attached hydrogens (tertiary/aromatic N) is 1. The Morgan fingerprint density at radius 3 is 2.55 bits per heavy atom. The Morgan fingerprint density at radius 2 is 1.97 bits per heavy atom. The molecule has 1 aliphatic rings. The first-order chi connectivity index (χ1) is 13.8. The van der Waals surface area contributed by atoms with Crippen LogP contribution in [0.5, 0.6) is 5.75 Å². The number of hydrogen-bond acceptors (Lipinski definition) is 5. The van der Waals surface area contributed by atoms with Crippen molar-refractivity contribution in [2.45, 2.75) is 25.9 Å². The average molecular weight is 437 g/mol. The van der Waals surface area contributed by atoms with Crippen LogP contribution in [-0.4, -0.2) is 50.4 Å². The van der Waals surface area contributed by atoms with E-state index in [2.05, 4.69) is 5.32 Å². The number of hydrogen-bond donors (Lipinski definition) is 1. The van der Waals surface area contributed by atoms with Gasteiger partial charge in [0.1, 0.15) is 5.75 Å². The quantitative estimate of drug-likeness (QED) is 0.720. The summed E-state index contributed by atoms with van der Waals surface area (Å²) >= 11 is 6.13. The maximum absolute atomic E-state index is 12.7. The Kier molecular flexibility index (Phi) is 6.82. The highest BCUT2D eigenvalue weighted by atomic mass is 35.5. The largest absolute Gasteiger partial charge is 0.497 e. The predicted octanol–water partition coefficient (Wildman–Crippen LogP) is 3.28. The summed E-state index contributed by atoms with van der Waals surface area (Å²) < 4.78 is 29.1. The van der Waals surface area contributed by atoms with Gasteiger partial charge in [0.05, 0.1) is 25.2 Å². The van der Waals surface area contributed by atoms with E-state index in [1.807, 2.05) is 42.2 Å². The van der Waals surface area contributed by atoms with Crippen molar-refractivity contribution in [2.24, 2.45) is 0 Å². The molecule has 2 aromatic carbocycles. The van der Waals surface area contributed by atoms with Crippen LogP contribution in [0.3, 0.4) is 0 Å². The summed E-state index contributed by atoms with van der Waals surface area (Å²) in [6.45, 7) is 2.47. The minimum Gasteiger partial charge on any atom is -0.497 e. The van der Waals surface area contributed by atoms with Crippen LogP contribution in [0.4, 0.5) is 5.69 Å². The van der Waals surface area contributed by atoms with Crippen LogP contribution in [0.2, 0.25) is 5.02 Å². The van der Waals surface area contributed by atoms with Crippen molar-refractivity contribution in [1.82, 2.24) is 4.90 Å². The molecular weight excluding hydrogens is 412 g/mol. The molecular formula is C21H25ClN2O4S. The Morgan fingerprint density at radius 1 is 1.24 bits per heavy atom. The number of benzene rings is 2. The maximum Gasteiger partial charge on any atom is 0.238 e. The highest BCUT2D eigenvalue weighted by Crippen LogP contribution is 2.22. The van der Waals surface area contributed by atoms with Gasteiger partial charge in [0.25, 0.3) is 0 Å². The third-order valence-electron chi connectivity index (χ3n) is 5.07. The Hall–Kier alpha value is -2.09. The number of nitrogens with one attached hydrogen (secondary N) is 1. The highest BCUT2D eigenvalue weighted by Gasteiger charge is 2.33. The van der Waals surface area contributed by atoms with Crippen molar-refractivity contribution in [3.8, 4) is 5.75 Å². The second kappa shape index (κ2) is 9.15. The van der Waals surface area contributed by atoms with Crippen LogP contribution in [0.15, 0.2) is 42.5 Å². The molecule has 0 aliphatic carbocycles. The third-order valence-corrected chi connectivity index (χ3v) is 7.23. The van der Waals surface area contributed by atoms with Crippen molar-refractivity contribution in [1.29, 1.82) is 0 Å². The summed E-state index contributed by atoms with van der Waals surface area (Å²) in [7, 11) is -1.46. The molecule has 0 unspecified atom stereocenters. The molecule has 1 saturated heterocycles. The van der Waals surface area contributed by atoms with Gasteiger partial charge in [-0.1, -0.05) is 29.8 Å². The van der Waals surface area contributed by atoms with Gasteiger partial charge in [-0.3, -0.25) is 9.69 Å². The van der Waals surface area contributed by atoms with E-state index < -0.39 is 9.84 Å². The minimum atomic E-state index is -3.06. The molecule has 1 heterocycles. The van der Waals surface area contributed by atoms with Gasteiger partial charge in [0.2, 0.25) is 5.91 Å². The van der Waals surface area contributed by atoms with E-state index in [0.717, 1.165) is 16.9 Å². The van der Waals surface area contributed by atoms with Crippen LogP contribution < -0.4 is 10.1 Å². The fraction of sp³-hybridized carbons (Fsp3) is 0.381. The van der Waals surface area contributed by atoms with Gasteiger partial charge in [-0.25, -0.2) is 8.42 Å². The molecule has 0 aromatic heterocycles. The van der Waals surface area contributed by atoms with Crippen molar-refractivity contribution < 1.29 is 17.9 Å². The van der Waals surface area contributed by atoms with Gasteiger partial charge in [-0.2, -0.15) is 0 Å². The van der Waals surface area contributed by atoms with Gasteiger partial charge in [-0.15, -0.1) is 0 Å². The molecule has 1 amide bonds. The van der Waals surface area contributed by atoms with Crippen molar-refractivity contribution in [2.75, 3.05) is 30.5 Å². The zero-order valence-corrected chi connectivity index (χ0v) is 18.1. The third kappa shape index (κ3) is 5.95. The second-order valence-corrected chi connectivity index (χ2v) is 9.96. The number of halogens is 1. The average Bonchev–Trinajstić information content (AvgIpc) is 3.04. The first kappa shape index (κ1) is 21.6. The number of amides is 1. The SMILES string of the molecule is COc1ccc(CN(CC(=O)Nc2ccc(C)c(Cl)c2)[C@@H]2CCS(=O)(=O)C2)cc1. The molecule has 1 atom stereocenters. The smallest absolute Gasteiger partial charge is 0.238 e. The predicted molar refractivity (Wildman–Crippen MR) is 115 cm³/mol. The summed E-state index contributed by atoms with van der Waals surface area (Å²) in [6.07, 6.45) is 0.530. The number of ether oxygens (including phenoxy) is 1. The van der Waals surface area contributed by atoms with Gasteiger partial charge >= 0.3 is 0 Å². The molecule has 1 fully saturated rings. The van der Waals surface area contributed by atoms with Crippen molar-refractivity contribution >= 4 is 33.0 Å². The lowest BCUT2D eigenvalue weighted by atomic mass is 10.1. The molecule has 0 saturated carbocycles. The number of anilines is 1. The molecule has 156 valence electrons. The van der Waals surface area contributed by atoms with Crippen molar-refractivity contribution in [3.05, 3.63) is 58.6 Å². The van der Waals surface area contributed by atoms with E-state index in [1.165, 1.54) is 0 Å². The van der Waals surface area contributed by atoms with Crippen LogP contribution in [0, 0.1) is 6.92 Å². The Balaban J connectivity index is 1.72. The van der Waals surface area contributed by atoms with Crippen molar-refractivity contribution in [3.63, 3.8) is 0 Å². The zero-order chi connectivity index (χ0) is 21.0. The van der Waals surface area contributed by atoms with Crippen LogP contribution in [0.25, 0.3) is 0 Å². The molecule has 3 rings (SSSR count). The summed E-state index contributed by atoms with van der Waals surface area (Å²) in [5.41, 5.74) is 2.54. The molecule has 6 nitrogen and oxygen atoms in total. The molecule has 2 aromatic rings. The van der Waals surface area contributed by atoms with Crippen LogP contribution >= 0.6 is 11.6 Å². The van der Waals surface area contributed by atoms with E-state index in [0.29, 0.717) is 23.7 Å². The Bertz CT molecular complexity index is 977. The number of methoxy groups -OCH3 is 1. The van der Waals surface area contributed by atoms with Gasteiger partial charge in [-0.05, 0) is 48.7 Å². The number of carbonyl (C=O) groups excluding carboxylic acids is 1. The number of sulfone groups is 1. The lowest BCUT2D eigenvalue weighted by molar-refractivity contribution is -0.117. The maximum atomic E-state index is 12.7. The summed E-state index contributed by atoms with van der Waals surface area (Å²) in [6, 6.07) is 12.7. The first-order valence-corrected chi connectivity index (χ1v) is 11.6. The highest BCUT2D eigenvalue weighted by molar-refractivity contribution is 7.91. The van der Waals surface area contributed by atoms with E-state index in [9.17, 15) is 13.2 Å². The van der Waals surface area contributed by atoms with Gasteiger partial charge in [0, 0.05) is 23.3 Å². The van der Waals surface area contributed by atoms with Crippen LogP contribution in [-0.2, 0) is 21.2 Å². The second-order valence-electron chi connectivity index (χ2n) is 7.32. The van der Waals surface area contributed by atoms with E-state index >= 15 is 0 Å². The van der Waals surface area contributed by atoms with Crippen LogP contribution in [0.1, 0.15) is 17.5 Å². The lowest BCUT2D eigenvalue weighted by Gasteiger charge is -2.27. The molecule has 0 spiro atoms. The van der Waals surface area contributed by atoms with Gasteiger partial charge in [0.15, 0.2) is 9.84 Å². The standard InChI is InChI=1S/C21H25ClN2O4S/c1-15-3-6-17(11-20(15)22)23-21(25)13-24(18-9-10-29(26,27)14-18)12-16-4-7-19(28-2)8-5-16/h3-8,11,18H,9-10,12-14H2,1-2H3,(H,23,25)/t18-/m1/s1. The van der Waals surface area contributed by atoms with E-state index in [1.54, 1.807) is 19.2 Å². The lowest BCUT2D eigenvalue weighted by Crippen LogP contribution is -2.41. The normalized spacial score (nSPS) is 18.0.